The zero-order valence-electron chi connectivity index (χ0n) is 11.2. The average Bonchev–Trinajstić information content (AvgIpc) is 2.90. The average molecular weight is 265 g/mol. The second-order valence-corrected chi connectivity index (χ2v) is 5.04. The third-order valence-corrected chi connectivity index (χ3v) is 3.44. The van der Waals surface area contributed by atoms with Crippen molar-refractivity contribution in [1.29, 1.82) is 0 Å². The summed E-state index contributed by atoms with van der Waals surface area (Å²) < 4.78 is 18.5. The van der Waals surface area contributed by atoms with Crippen molar-refractivity contribution in [3.8, 4) is 0 Å². The summed E-state index contributed by atoms with van der Waals surface area (Å²) in [5, 5.41) is 2.95. The maximum Gasteiger partial charge on any atom is 0.220 e. The zero-order valence-corrected chi connectivity index (χ0v) is 11.2. The van der Waals surface area contributed by atoms with Crippen molar-refractivity contribution in [2.75, 3.05) is 6.61 Å². The summed E-state index contributed by atoms with van der Waals surface area (Å²) in [6.45, 7) is 2.75. The quantitative estimate of drug-likeness (QED) is 0.888. The highest BCUT2D eigenvalue weighted by Gasteiger charge is 2.23. The van der Waals surface area contributed by atoms with Crippen LogP contribution in [0.2, 0.25) is 0 Å². The van der Waals surface area contributed by atoms with Crippen molar-refractivity contribution in [2.24, 2.45) is 0 Å². The van der Waals surface area contributed by atoms with Gasteiger partial charge < -0.3 is 10.1 Å². The predicted octanol–water partition coefficient (Wildman–Crippen LogP) is 2.44. The Labute approximate surface area is 113 Å². The summed E-state index contributed by atoms with van der Waals surface area (Å²) in [6.07, 6.45) is 3.14. The van der Waals surface area contributed by atoms with E-state index in [9.17, 15) is 9.18 Å². The van der Waals surface area contributed by atoms with Gasteiger partial charge in [-0.15, -0.1) is 0 Å². The number of benzene rings is 1. The number of aryl methyl sites for hydroxylation is 1. The number of carbonyl (C=O) groups excluding carboxylic acids is 1. The smallest absolute Gasteiger partial charge is 0.220 e. The molecule has 0 unspecified atom stereocenters. The van der Waals surface area contributed by atoms with E-state index in [0.29, 0.717) is 12.8 Å². The number of carbonyl (C=O) groups is 1. The molecule has 1 aliphatic heterocycles. The van der Waals surface area contributed by atoms with Crippen LogP contribution in [0.3, 0.4) is 0 Å². The standard InChI is InChI=1S/C15H20FNO2/c1-11(14-6-3-9-19-14)17-15(18)8-7-12-4-2-5-13(16)10-12/h2,4-5,10-11,14H,3,6-9H2,1H3,(H,17,18)/t11-,14+/m1/s1. The molecule has 0 saturated carbocycles. The molecule has 0 spiro atoms. The molecule has 0 radical (unpaired) electrons. The number of hydrogen-bond acceptors (Lipinski definition) is 2. The highest BCUT2D eigenvalue weighted by Crippen LogP contribution is 2.15. The van der Waals surface area contributed by atoms with Gasteiger partial charge in [-0.05, 0) is 43.9 Å². The maximum absolute atomic E-state index is 13.0. The Kier molecular flexibility index (Phi) is 4.91. The fourth-order valence-corrected chi connectivity index (χ4v) is 2.37. The molecule has 0 bridgehead atoms. The molecule has 1 aromatic rings. The lowest BCUT2D eigenvalue weighted by Gasteiger charge is -2.19. The van der Waals surface area contributed by atoms with Gasteiger partial charge in [0, 0.05) is 13.0 Å². The molecule has 0 aromatic heterocycles. The van der Waals surface area contributed by atoms with Gasteiger partial charge in [0.25, 0.3) is 0 Å². The van der Waals surface area contributed by atoms with Crippen LogP contribution in [0.5, 0.6) is 0 Å². The van der Waals surface area contributed by atoms with E-state index >= 15 is 0 Å². The molecule has 0 aliphatic carbocycles. The number of hydrogen-bond donors (Lipinski definition) is 1. The first kappa shape index (κ1) is 14.0. The van der Waals surface area contributed by atoms with Gasteiger partial charge in [-0.2, -0.15) is 0 Å². The SMILES string of the molecule is C[C@@H](NC(=O)CCc1cccc(F)c1)[C@@H]1CCCO1. The molecule has 1 heterocycles. The molecule has 2 rings (SSSR count). The van der Waals surface area contributed by atoms with E-state index in [-0.39, 0.29) is 23.9 Å². The van der Waals surface area contributed by atoms with E-state index in [1.165, 1.54) is 12.1 Å². The van der Waals surface area contributed by atoms with Crippen molar-refractivity contribution in [3.05, 3.63) is 35.6 Å². The van der Waals surface area contributed by atoms with Crippen LogP contribution in [0.15, 0.2) is 24.3 Å². The van der Waals surface area contributed by atoms with Gasteiger partial charge in [-0.1, -0.05) is 12.1 Å². The summed E-state index contributed by atoms with van der Waals surface area (Å²) in [6, 6.07) is 6.42. The maximum atomic E-state index is 13.0. The Bertz CT molecular complexity index is 430. The predicted molar refractivity (Wildman–Crippen MR) is 71.3 cm³/mol. The molecule has 1 N–H and O–H groups in total. The summed E-state index contributed by atoms with van der Waals surface area (Å²) in [7, 11) is 0. The van der Waals surface area contributed by atoms with Crippen molar-refractivity contribution >= 4 is 5.91 Å². The first-order valence-electron chi connectivity index (χ1n) is 6.80. The second-order valence-electron chi connectivity index (χ2n) is 5.04. The largest absolute Gasteiger partial charge is 0.376 e. The monoisotopic (exact) mass is 265 g/mol. The third-order valence-electron chi connectivity index (χ3n) is 3.44. The summed E-state index contributed by atoms with van der Waals surface area (Å²) >= 11 is 0. The molecule has 1 amide bonds. The highest BCUT2D eigenvalue weighted by molar-refractivity contribution is 5.76. The molecule has 2 atom stereocenters. The lowest BCUT2D eigenvalue weighted by molar-refractivity contribution is -0.122. The minimum absolute atomic E-state index is 0.00717. The van der Waals surface area contributed by atoms with Gasteiger partial charge in [-0.25, -0.2) is 4.39 Å². The second kappa shape index (κ2) is 6.66. The Balaban J connectivity index is 1.75. The van der Waals surface area contributed by atoms with Gasteiger partial charge in [0.15, 0.2) is 0 Å². The normalized spacial score (nSPS) is 20.2. The van der Waals surface area contributed by atoms with Crippen LogP contribution in [0.25, 0.3) is 0 Å². The van der Waals surface area contributed by atoms with Gasteiger partial charge in [0.2, 0.25) is 5.91 Å². The number of nitrogens with one attached hydrogen (secondary N) is 1. The van der Waals surface area contributed by atoms with Gasteiger partial charge in [0.05, 0.1) is 12.1 Å². The van der Waals surface area contributed by atoms with Crippen LogP contribution < -0.4 is 5.32 Å². The minimum Gasteiger partial charge on any atom is -0.376 e. The van der Waals surface area contributed by atoms with E-state index in [4.69, 9.17) is 4.74 Å². The molecule has 1 aliphatic rings. The molecule has 1 aromatic carbocycles. The Morgan fingerprint density at radius 2 is 2.42 bits per heavy atom. The highest BCUT2D eigenvalue weighted by atomic mass is 19.1. The van der Waals surface area contributed by atoms with E-state index in [1.54, 1.807) is 6.07 Å². The van der Waals surface area contributed by atoms with Gasteiger partial charge >= 0.3 is 0 Å². The fourth-order valence-electron chi connectivity index (χ4n) is 2.37. The summed E-state index contributed by atoms with van der Waals surface area (Å²) in [5.74, 6) is -0.266. The Morgan fingerprint density at radius 1 is 1.58 bits per heavy atom. The van der Waals surface area contributed by atoms with Crippen molar-refractivity contribution in [2.45, 2.75) is 44.8 Å². The first-order chi connectivity index (χ1) is 9.15. The summed E-state index contributed by atoms with van der Waals surface area (Å²) in [4.78, 5) is 11.8. The number of rotatable bonds is 5. The molecule has 3 nitrogen and oxygen atoms in total. The molecule has 1 saturated heterocycles. The van der Waals surface area contributed by atoms with Gasteiger partial charge in [0.1, 0.15) is 5.82 Å². The van der Waals surface area contributed by atoms with Crippen molar-refractivity contribution in [1.82, 2.24) is 5.32 Å². The molecule has 19 heavy (non-hydrogen) atoms. The lowest BCUT2D eigenvalue weighted by atomic mass is 10.1. The fraction of sp³-hybridized carbons (Fsp3) is 0.533. The van der Waals surface area contributed by atoms with E-state index in [0.717, 1.165) is 25.0 Å². The molecule has 1 fully saturated rings. The zero-order chi connectivity index (χ0) is 13.7. The Hall–Kier alpha value is -1.42. The molecular formula is C15H20FNO2. The number of amides is 1. The number of halogens is 1. The van der Waals surface area contributed by atoms with Crippen molar-refractivity contribution in [3.63, 3.8) is 0 Å². The number of ether oxygens (including phenoxy) is 1. The Morgan fingerprint density at radius 3 is 3.11 bits per heavy atom. The van der Waals surface area contributed by atoms with Crippen molar-refractivity contribution < 1.29 is 13.9 Å². The van der Waals surface area contributed by atoms with Crippen LogP contribution in [0.1, 0.15) is 31.7 Å². The first-order valence-corrected chi connectivity index (χ1v) is 6.80. The van der Waals surface area contributed by atoms with Crippen LogP contribution in [0, 0.1) is 5.82 Å². The lowest BCUT2D eigenvalue weighted by Crippen LogP contribution is -2.40. The molecule has 4 heteroatoms. The third kappa shape index (κ3) is 4.31. The van der Waals surface area contributed by atoms with Crippen LogP contribution in [-0.2, 0) is 16.0 Å². The topological polar surface area (TPSA) is 38.3 Å². The van der Waals surface area contributed by atoms with Crippen LogP contribution in [-0.4, -0.2) is 24.7 Å². The van der Waals surface area contributed by atoms with Gasteiger partial charge in [-0.3, -0.25) is 4.79 Å². The molecular weight excluding hydrogens is 245 g/mol. The van der Waals surface area contributed by atoms with E-state index in [2.05, 4.69) is 5.32 Å². The molecule has 104 valence electrons. The van der Waals surface area contributed by atoms with E-state index < -0.39 is 0 Å². The van der Waals surface area contributed by atoms with Crippen LogP contribution >= 0.6 is 0 Å². The minimum atomic E-state index is -0.259. The summed E-state index contributed by atoms with van der Waals surface area (Å²) in [5.41, 5.74) is 0.847. The van der Waals surface area contributed by atoms with Crippen LogP contribution in [0.4, 0.5) is 4.39 Å². The van der Waals surface area contributed by atoms with E-state index in [1.807, 2.05) is 13.0 Å².